The summed E-state index contributed by atoms with van der Waals surface area (Å²) in [4.78, 5) is 7.21. The number of hydrogen-bond donors (Lipinski definition) is 0. The van der Waals surface area contributed by atoms with Crippen molar-refractivity contribution in [3.05, 3.63) is 22.8 Å². The molecule has 2 aromatic rings. The van der Waals surface area contributed by atoms with Gasteiger partial charge in [0, 0.05) is 42.5 Å². The lowest BCUT2D eigenvalue weighted by Gasteiger charge is -2.12. The van der Waals surface area contributed by atoms with Gasteiger partial charge in [0.15, 0.2) is 5.13 Å². The van der Waals surface area contributed by atoms with Crippen molar-refractivity contribution in [1.82, 2.24) is 9.55 Å². The smallest absolute Gasteiger partial charge is 0.185 e. The predicted octanol–water partition coefficient (Wildman–Crippen LogP) is 3.37. The molecule has 0 N–H and O–H groups in total. The second kappa shape index (κ2) is 4.43. The first-order valence-electron chi connectivity index (χ1n) is 6.50. The fourth-order valence-electron chi connectivity index (χ4n) is 2.56. The summed E-state index contributed by atoms with van der Waals surface area (Å²) < 4.78 is 2.23. The first kappa shape index (κ1) is 11.8. The SMILES string of the molecule is Cc1cc(-c2csc(N3CCCC3)n2)c(C)n1C. The summed E-state index contributed by atoms with van der Waals surface area (Å²) in [6, 6.07) is 2.23. The van der Waals surface area contributed by atoms with E-state index < -0.39 is 0 Å². The molecule has 3 nitrogen and oxygen atoms in total. The molecule has 0 radical (unpaired) electrons. The van der Waals surface area contributed by atoms with E-state index in [2.05, 4.69) is 41.8 Å². The molecule has 0 aliphatic carbocycles. The molecule has 0 aromatic carbocycles. The molecule has 0 bridgehead atoms. The molecule has 3 heterocycles. The van der Waals surface area contributed by atoms with Crippen molar-refractivity contribution in [3.8, 4) is 11.3 Å². The van der Waals surface area contributed by atoms with Crippen molar-refractivity contribution in [2.75, 3.05) is 18.0 Å². The zero-order chi connectivity index (χ0) is 12.7. The molecule has 0 atom stereocenters. The van der Waals surface area contributed by atoms with Crippen LogP contribution in [-0.4, -0.2) is 22.6 Å². The Morgan fingerprint density at radius 2 is 1.94 bits per heavy atom. The lowest BCUT2D eigenvalue weighted by atomic mass is 10.2. The first-order valence-corrected chi connectivity index (χ1v) is 7.38. The van der Waals surface area contributed by atoms with Gasteiger partial charge in [0.25, 0.3) is 0 Å². The van der Waals surface area contributed by atoms with Crippen molar-refractivity contribution < 1.29 is 0 Å². The van der Waals surface area contributed by atoms with Gasteiger partial charge in [-0.3, -0.25) is 0 Å². The molecular formula is C14H19N3S. The van der Waals surface area contributed by atoms with Gasteiger partial charge in [-0.15, -0.1) is 11.3 Å². The Morgan fingerprint density at radius 3 is 2.56 bits per heavy atom. The maximum absolute atomic E-state index is 4.81. The largest absolute Gasteiger partial charge is 0.351 e. The Bertz CT molecular complexity index is 562. The van der Waals surface area contributed by atoms with Crippen LogP contribution in [0, 0.1) is 13.8 Å². The van der Waals surface area contributed by atoms with Crippen LogP contribution in [0.3, 0.4) is 0 Å². The standard InChI is InChI=1S/C14H19N3S/c1-10-8-12(11(2)16(10)3)13-9-18-14(15-13)17-6-4-5-7-17/h8-9H,4-7H2,1-3H3. The van der Waals surface area contributed by atoms with Crippen molar-refractivity contribution in [3.63, 3.8) is 0 Å². The summed E-state index contributed by atoms with van der Waals surface area (Å²) in [6.45, 7) is 6.64. The zero-order valence-electron chi connectivity index (χ0n) is 11.2. The van der Waals surface area contributed by atoms with E-state index in [4.69, 9.17) is 4.98 Å². The number of rotatable bonds is 2. The Labute approximate surface area is 112 Å². The third-order valence-electron chi connectivity index (χ3n) is 3.92. The maximum atomic E-state index is 4.81. The molecule has 96 valence electrons. The number of anilines is 1. The van der Waals surface area contributed by atoms with Crippen molar-refractivity contribution in [2.45, 2.75) is 26.7 Å². The molecule has 4 heteroatoms. The van der Waals surface area contributed by atoms with E-state index in [1.54, 1.807) is 11.3 Å². The van der Waals surface area contributed by atoms with E-state index in [1.807, 2.05) is 0 Å². The minimum Gasteiger partial charge on any atom is -0.351 e. The van der Waals surface area contributed by atoms with Crippen molar-refractivity contribution >= 4 is 16.5 Å². The summed E-state index contributed by atoms with van der Waals surface area (Å²) in [5.41, 5.74) is 4.99. The number of nitrogens with zero attached hydrogens (tertiary/aromatic N) is 3. The summed E-state index contributed by atoms with van der Waals surface area (Å²) in [6.07, 6.45) is 2.61. The average Bonchev–Trinajstić information content (AvgIpc) is 3.05. The third kappa shape index (κ3) is 1.85. The van der Waals surface area contributed by atoms with Gasteiger partial charge in [0.2, 0.25) is 0 Å². The molecule has 1 aliphatic heterocycles. The first-order chi connectivity index (χ1) is 8.66. The van der Waals surface area contributed by atoms with Crippen LogP contribution in [0.15, 0.2) is 11.4 Å². The number of hydrogen-bond acceptors (Lipinski definition) is 3. The Hall–Kier alpha value is -1.29. The molecular weight excluding hydrogens is 242 g/mol. The number of thiazole rings is 1. The van der Waals surface area contributed by atoms with Crippen LogP contribution in [-0.2, 0) is 7.05 Å². The summed E-state index contributed by atoms with van der Waals surface area (Å²) in [5.74, 6) is 0. The Balaban J connectivity index is 1.94. The fraction of sp³-hybridized carbons (Fsp3) is 0.500. The van der Waals surface area contributed by atoms with Crippen LogP contribution < -0.4 is 4.90 Å². The second-order valence-electron chi connectivity index (χ2n) is 5.05. The van der Waals surface area contributed by atoms with Crippen LogP contribution in [0.2, 0.25) is 0 Å². The van der Waals surface area contributed by atoms with Gasteiger partial charge in [-0.25, -0.2) is 4.98 Å². The van der Waals surface area contributed by atoms with E-state index in [1.165, 1.54) is 48.0 Å². The molecule has 1 aliphatic rings. The average molecular weight is 261 g/mol. The highest BCUT2D eigenvalue weighted by molar-refractivity contribution is 7.14. The summed E-state index contributed by atoms with van der Waals surface area (Å²) in [7, 11) is 2.11. The molecule has 0 saturated carbocycles. The molecule has 1 fully saturated rings. The number of aryl methyl sites for hydroxylation is 1. The lowest BCUT2D eigenvalue weighted by Crippen LogP contribution is -2.17. The van der Waals surface area contributed by atoms with Crippen LogP contribution >= 0.6 is 11.3 Å². The van der Waals surface area contributed by atoms with Gasteiger partial charge in [0.1, 0.15) is 0 Å². The second-order valence-corrected chi connectivity index (χ2v) is 5.89. The van der Waals surface area contributed by atoms with Crippen LogP contribution in [0.5, 0.6) is 0 Å². The normalized spacial score (nSPS) is 15.6. The lowest BCUT2D eigenvalue weighted by molar-refractivity contribution is 0.845. The van der Waals surface area contributed by atoms with Crippen LogP contribution in [0.4, 0.5) is 5.13 Å². The Kier molecular flexibility index (Phi) is 2.90. The molecule has 2 aromatic heterocycles. The van der Waals surface area contributed by atoms with E-state index in [9.17, 15) is 0 Å². The van der Waals surface area contributed by atoms with E-state index >= 15 is 0 Å². The summed E-state index contributed by atoms with van der Waals surface area (Å²) in [5, 5.41) is 3.37. The highest BCUT2D eigenvalue weighted by atomic mass is 32.1. The minimum atomic E-state index is 1.13. The van der Waals surface area contributed by atoms with Gasteiger partial charge >= 0.3 is 0 Å². The number of aromatic nitrogens is 2. The highest BCUT2D eigenvalue weighted by Crippen LogP contribution is 2.32. The fourth-order valence-corrected chi connectivity index (χ4v) is 3.44. The van der Waals surface area contributed by atoms with Gasteiger partial charge < -0.3 is 9.47 Å². The molecule has 1 saturated heterocycles. The quantitative estimate of drug-likeness (QED) is 0.826. The van der Waals surface area contributed by atoms with Gasteiger partial charge in [0.05, 0.1) is 5.69 Å². The minimum absolute atomic E-state index is 1.13. The van der Waals surface area contributed by atoms with Gasteiger partial charge in [-0.2, -0.15) is 0 Å². The zero-order valence-corrected chi connectivity index (χ0v) is 12.0. The predicted molar refractivity (Wildman–Crippen MR) is 77.4 cm³/mol. The Morgan fingerprint density at radius 1 is 1.22 bits per heavy atom. The van der Waals surface area contributed by atoms with Gasteiger partial charge in [-0.05, 0) is 32.8 Å². The van der Waals surface area contributed by atoms with Crippen LogP contribution in [0.1, 0.15) is 24.2 Å². The molecule has 0 amide bonds. The van der Waals surface area contributed by atoms with Crippen LogP contribution in [0.25, 0.3) is 11.3 Å². The van der Waals surface area contributed by atoms with E-state index in [0.717, 1.165) is 5.69 Å². The third-order valence-corrected chi connectivity index (χ3v) is 4.82. The maximum Gasteiger partial charge on any atom is 0.185 e. The molecule has 0 unspecified atom stereocenters. The molecule has 0 spiro atoms. The topological polar surface area (TPSA) is 21.1 Å². The van der Waals surface area contributed by atoms with Crippen molar-refractivity contribution in [2.24, 2.45) is 7.05 Å². The monoisotopic (exact) mass is 261 g/mol. The highest BCUT2D eigenvalue weighted by Gasteiger charge is 2.17. The molecule has 18 heavy (non-hydrogen) atoms. The van der Waals surface area contributed by atoms with Gasteiger partial charge in [-0.1, -0.05) is 0 Å². The summed E-state index contributed by atoms with van der Waals surface area (Å²) >= 11 is 1.77. The van der Waals surface area contributed by atoms with E-state index in [-0.39, 0.29) is 0 Å². The van der Waals surface area contributed by atoms with E-state index in [0.29, 0.717) is 0 Å². The van der Waals surface area contributed by atoms with Crippen molar-refractivity contribution in [1.29, 1.82) is 0 Å². The molecule has 3 rings (SSSR count).